The quantitative estimate of drug-likeness (QED) is 0.403. The maximum absolute atomic E-state index is 12.9. The van der Waals surface area contributed by atoms with E-state index < -0.39 is 5.97 Å². The molecular formula is C26H25N3O4. The molecule has 0 saturated heterocycles. The van der Waals surface area contributed by atoms with Crippen LogP contribution in [0, 0.1) is 0 Å². The molecule has 33 heavy (non-hydrogen) atoms. The van der Waals surface area contributed by atoms with Crippen molar-refractivity contribution >= 4 is 28.5 Å². The van der Waals surface area contributed by atoms with Crippen molar-refractivity contribution in [2.45, 2.75) is 25.8 Å². The van der Waals surface area contributed by atoms with Crippen LogP contribution in [0.1, 0.15) is 40.7 Å². The first kappa shape index (κ1) is 22.1. The molecule has 4 rings (SSSR count). The average Bonchev–Trinajstić information content (AvgIpc) is 3.22. The van der Waals surface area contributed by atoms with Crippen molar-refractivity contribution in [1.29, 1.82) is 0 Å². The van der Waals surface area contributed by atoms with E-state index in [0.29, 0.717) is 24.4 Å². The molecule has 1 unspecified atom stereocenters. The molecule has 0 spiro atoms. The van der Waals surface area contributed by atoms with Gasteiger partial charge in [-0.1, -0.05) is 43.3 Å². The third-order valence-electron chi connectivity index (χ3n) is 5.62. The molecule has 0 saturated carbocycles. The number of amides is 1. The van der Waals surface area contributed by atoms with Gasteiger partial charge in [0.2, 0.25) is 5.91 Å². The Morgan fingerprint density at radius 2 is 1.88 bits per heavy atom. The molecule has 2 N–H and O–H groups in total. The minimum Gasteiger partial charge on any atom is -0.496 e. The normalized spacial score (nSPS) is 11.8. The molecule has 1 heterocycles. The fraction of sp³-hybridized carbons (Fsp3) is 0.192. The van der Waals surface area contributed by atoms with E-state index in [9.17, 15) is 14.7 Å². The summed E-state index contributed by atoms with van der Waals surface area (Å²) >= 11 is 0. The Balaban J connectivity index is 1.53. The van der Waals surface area contributed by atoms with Crippen LogP contribution < -0.4 is 10.1 Å². The highest BCUT2D eigenvalue weighted by molar-refractivity contribution is 5.97. The zero-order chi connectivity index (χ0) is 23.4. The largest absolute Gasteiger partial charge is 0.496 e. The van der Waals surface area contributed by atoms with E-state index >= 15 is 0 Å². The lowest BCUT2D eigenvalue weighted by Gasteiger charge is -2.15. The number of methoxy groups -OCH3 is 1. The van der Waals surface area contributed by atoms with E-state index in [1.807, 2.05) is 61.7 Å². The second kappa shape index (κ2) is 9.56. The van der Waals surface area contributed by atoms with Gasteiger partial charge in [-0.25, -0.2) is 4.79 Å². The number of hydrogen-bond donors (Lipinski definition) is 2. The van der Waals surface area contributed by atoms with Gasteiger partial charge in [0.25, 0.3) is 0 Å². The van der Waals surface area contributed by atoms with Crippen molar-refractivity contribution < 1.29 is 19.4 Å². The van der Waals surface area contributed by atoms with Crippen molar-refractivity contribution in [2.24, 2.45) is 0 Å². The molecule has 0 aliphatic heterocycles. The lowest BCUT2D eigenvalue weighted by Crippen LogP contribution is -2.20. The first-order valence-electron chi connectivity index (χ1n) is 10.7. The molecule has 7 heteroatoms. The number of rotatable bonds is 8. The van der Waals surface area contributed by atoms with Crippen LogP contribution in [0.2, 0.25) is 0 Å². The molecule has 1 amide bonds. The number of hydrogen-bond acceptors (Lipinski definition) is 4. The molecule has 7 nitrogen and oxygen atoms in total. The summed E-state index contributed by atoms with van der Waals surface area (Å²) in [6.45, 7) is 2.42. The topological polar surface area (TPSA) is 93.5 Å². The van der Waals surface area contributed by atoms with E-state index in [4.69, 9.17) is 4.74 Å². The molecule has 3 aromatic carbocycles. The van der Waals surface area contributed by atoms with E-state index in [1.165, 1.54) is 13.2 Å². The summed E-state index contributed by atoms with van der Waals surface area (Å²) < 4.78 is 7.13. The van der Waals surface area contributed by atoms with E-state index in [2.05, 4.69) is 10.4 Å². The van der Waals surface area contributed by atoms with Gasteiger partial charge in [-0.15, -0.1) is 0 Å². The van der Waals surface area contributed by atoms with E-state index in [0.717, 1.165) is 22.0 Å². The number of aromatic carboxylic acids is 1. The SMILES string of the molecule is CCC(C(=O)Nc1ccc2cn(Cc3ccc(C(=O)O)cc3OC)nc2c1)c1ccccc1. The predicted octanol–water partition coefficient (Wildman–Crippen LogP) is 4.92. The number of anilines is 1. The molecule has 1 aromatic heterocycles. The number of benzene rings is 3. The molecule has 0 radical (unpaired) electrons. The van der Waals surface area contributed by atoms with Gasteiger partial charge in [-0.3, -0.25) is 9.48 Å². The number of aromatic nitrogens is 2. The standard InChI is InChI=1S/C26H25N3O4/c1-3-22(17-7-5-4-6-8-17)25(30)27-21-12-11-19-15-29(28-23(19)14-21)16-20-10-9-18(26(31)32)13-24(20)33-2/h4-15,22H,3,16H2,1-2H3,(H,27,30)(H,31,32). The Labute approximate surface area is 191 Å². The molecule has 0 aliphatic carbocycles. The smallest absolute Gasteiger partial charge is 0.335 e. The second-order valence-corrected chi connectivity index (χ2v) is 7.79. The summed E-state index contributed by atoms with van der Waals surface area (Å²) in [5.41, 5.74) is 3.42. The molecule has 0 aliphatic rings. The number of carboxylic acid groups (broad SMARTS) is 1. The van der Waals surface area contributed by atoms with Gasteiger partial charge in [0.15, 0.2) is 0 Å². The maximum Gasteiger partial charge on any atom is 0.335 e. The minimum atomic E-state index is -1.00. The number of carboxylic acids is 1. The summed E-state index contributed by atoms with van der Waals surface area (Å²) in [5, 5.41) is 17.8. The van der Waals surface area contributed by atoms with Crippen LogP contribution in [0.3, 0.4) is 0 Å². The number of ether oxygens (including phenoxy) is 1. The van der Waals surface area contributed by atoms with Gasteiger partial charge in [0.1, 0.15) is 5.75 Å². The summed E-state index contributed by atoms with van der Waals surface area (Å²) in [4.78, 5) is 24.1. The second-order valence-electron chi connectivity index (χ2n) is 7.79. The van der Waals surface area contributed by atoms with Crippen molar-refractivity contribution in [3.63, 3.8) is 0 Å². The van der Waals surface area contributed by atoms with Gasteiger partial charge >= 0.3 is 5.97 Å². The number of carbonyl (C=O) groups excluding carboxylic acids is 1. The van der Waals surface area contributed by atoms with Crippen molar-refractivity contribution in [3.05, 3.63) is 89.6 Å². The zero-order valence-corrected chi connectivity index (χ0v) is 18.5. The lowest BCUT2D eigenvalue weighted by molar-refractivity contribution is -0.117. The number of fused-ring (bicyclic) bond motifs is 1. The zero-order valence-electron chi connectivity index (χ0n) is 18.5. The van der Waals surface area contributed by atoms with Crippen LogP contribution in [0.15, 0.2) is 72.9 Å². The third kappa shape index (κ3) is 4.87. The summed E-state index contributed by atoms with van der Waals surface area (Å²) in [6.07, 6.45) is 2.61. The average molecular weight is 444 g/mol. The minimum absolute atomic E-state index is 0.0502. The van der Waals surface area contributed by atoms with E-state index in [-0.39, 0.29) is 17.4 Å². The molecule has 0 fully saturated rings. The van der Waals surface area contributed by atoms with Gasteiger partial charge in [-0.2, -0.15) is 5.10 Å². The lowest BCUT2D eigenvalue weighted by atomic mass is 9.95. The molecular weight excluding hydrogens is 418 g/mol. The Morgan fingerprint density at radius 3 is 2.58 bits per heavy atom. The van der Waals surface area contributed by atoms with Crippen LogP contribution in [-0.2, 0) is 11.3 Å². The summed E-state index contributed by atoms with van der Waals surface area (Å²) in [7, 11) is 1.51. The Kier molecular flexibility index (Phi) is 6.40. The van der Waals surface area contributed by atoms with Crippen molar-refractivity contribution in [3.8, 4) is 5.75 Å². The molecule has 0 bridgehead atoms. The highest BCUT2D eigenvalue weighted by Crippen LogP contribution is 2.25. The number of nitrogens with zero attached hydrogens (tertiary/aromatic N) is 2. The van der Waals surface area contributed by atoms with Crippen LogP contribution in [0.25, 0.3) is 10.9 Å². The summed E-state index contributed by atoms with van der Waals surface area (Å²) in [5.74, 6) is -0.780. The number of carbonyl (C=O) groups is 2. The van der Waals surface area contributed by atoms with Crippen LogP contribution in [-0.4, -0.2) is 33.9 Å². The van der Waals surface area contributed by atoms with Gasteiger partial charge in [0, 0.05) is 22.8 Å². The van der Waals surface area contributed by atoms with Crippen LogP contribution in [0.4, 0.5) is 5.69 Å². The molecule has 1 atom stereocenters. The van der Waals surface area contributed by atoms with E-state index in [1.54, 1.807) is 16.8 Å². The summed E-state index contributed by atoms with van der Waals surface area (Å²) in [6, 6.07) is 20.2. The first-order valence-corrected chi connectivity index (χ1v) is 10.7. The van der Waals surface area contributed by atoms with Crippen molar-refractivity contribution in [1.82, 2.24) is 9.78 Å². The Morgan fingerprint density at radius 1 is 1.09 bits per heavy atom. The molecule has 4 aromatic rings. The maximum atomic E-state index is 12.9. The first-order chi connectivity index (χ1) is 16.0. The number of nitrogens with one attached hydrogen (secondary N) is 1. The highest BCUT2D eigenvalue weighted by atomic mass is 16.5. The van der Waals surface area contributed by atoms with Gasteiger partial charge < -0.3 is 15.2 Å². The Bertz CT molecular complexity index is 1300. The predicted molar refractivity (Wildman–Crippen MR) is 127 cm³/mol. The third-order valence-corrected chi connectivity index (χ3v) is 5.62. The van der Waals surface area contributed by atoms with Gasteiger partial charge in [0.05, 0.1) is 30.7 Å². The monoisotopic (exact) mass is 443 g/mol. The highest BCUT2D eigenvalue weighted by Gasteiger charge is 2.19. The fourth-order valence-electron chi connectivity index (χ4n) is 3.90. The van der Waals surface area contributed by atoms with Crippen LogP contribution in [0.5, 0.6) is 5.75 Å². The Hall–Kier alpha value is -4.13. The fourth-order valence-corrected chi connectivity index (χ4v) is 3.90. The molecule has 168 valence electrons. The van der Waals surface area contributed by atoms with Crippen molar-refractivity contribution in [2.75, 3.05) is 12.4 Å². The van der Waals surface area contributed by atoms with Crippen LogP contribution >= 0.6 is 0 Å². The van der Waals surface area contributed by atoms with Gasteiger partial charge in [-0.05, 0) is 42.3 Å².